The summed E-state index contributed by atoms with van der Waals surface area (Å²) in [6.45, 7) is 1.08. The van der Waals surface area contributed by atoms with Crippen molar-refractivity contribution in [3.63, 3.8) is 0 Å². The van der Waals surface area contributed by atoms with E-state index in [1.54, 1.807) is 0 Å². The number of hydrogen-bond donors (Lipinski definition) is 2. The zero-order chi connectivity index (χ0) is 17.3. The molecule has 1 aromatic heterocycles. The van der Waals surface area contributed by atoms with E-state index in [-0.39, 0.29) is 14.8 Å². The molecule has 2 N–H and O–H groups in total. The van der Waals surface area contributed by atoms with E-state index < -0.39 is 26.0 Å². The number of halogens is 1. The molecular weight excluding hydrogens is 384 g/mol. The van der Waals surface area contributed by atoms with Crippen molar-refractivity contribution in [2.45, 2.75) is 16.0 Å². The summed E-state index contributed by atoms with van der Waals surface area (Å²) in [5.74, 6) is -0.718. The number of nitrogens with one attached hydrogen (secondary N) is 2. The number of hydrogen-bond acceptors (Lipinski definition) is 6. The lowest BCUT2D eigenvalue weighted by Crippen LogP contribution is -2.28. The Bertz CT molecular complexity index is 933. The minimum Gasteiger partial charge on any atom is -0.279 e. The Morgan fingerprint density at radius 3 is 2.17 bits per heavy atom. The van der Waals surface area contributed by atoms with Crippen LogP contribution in [0.4, 0.5) is 5.69 Å². The SMILES string of the molecule is CC(=O)NS(=O)(=O)c1ccc(NS(=O)(=O)c2cc(Cl)cs2)cc1. The average molecular weight is 395 g/mol. The number of amides is 1. The first kappa shape index (κ1) is 17.7. The molecule has 23 heavy (non-hydrogen) atoms. The molecule has 0 spiro atoms. The minimum absolute atomic E-state index is 0.0393. The van der Waals surface area contributed by atoms with Crippen LogP contribution in [0.3, 0.4) is 0 Å². The van der Waals surface area contributed by atoms with Gasteiger partial charge >= 0.3 is 0 Å². The first-order chi connectivity index (χ1) is 10.6. The standard InChI is InChI=1S/C12H11ClN2O5S3/c1-8(16)14-22(17,18)11-4-2-10(3-5-11)15-23(19,20)12-6-9(13)7-21-12/h2-7,15H,1H3,(H,14,16). The van der Waals surface area contributed by atoms with Crippen molar-refractivity contribution < 1.29 is 21.6 Å². The molecule has 0 unspecified atom stereocenters. The van der Waals surface area contributed by atoms with Crippen molar-refractivity contribution in [2.24, 2.45) is 0 Å². The maximum absolute atomic E-state index is 12.1. The smallest absolute Gasteiger partial charge is 0.271 e. The predicted molar refractivity (Wildman–Crippen MR) is 87.6 cm³/mol. The van der Waals surface area contributed by atoms with E-state index >= 15 is 0 Å². The van der Waals surface area contributed by atoms with E-state index in [0.29, 0.717) is 5.02 Å². The summed E-state index contributed by atoms with van der Waals surface area (Å²) in [5, 5.41) is 1.80. The number of carbonyl (C=O) groups excluding carboxylic acids is 1. The molecule has 1 amide bonds. The van der Waals surface area contributed by atoms with Crippen LogP contribution in [0.1, 0.15) is 6.92 Å². The summed E-state index contributed by atoms with van der Waals surface area (Å²) in [6, 6.07) is 6.24. The molecule has 0 bridgehead atoms. The quantitative estimate of drug-likeness (QED) is 0.806. The highest BCUT2D eigenvalue weighted by molar-refractivity contribution is 7.94. The molecule has 11 heteroatoms. The summed E-state index contributed by atoms with van der Waals surface area (Å²) >= 11 is 6.66. The van der Waals surface area contributed by atoms with Gasteiger partial charge in [-0.05, 0) is 30.3 Å². The number of carbonyl (C=O) groups is 1. The normalized spacial score (nSPS) is 11.9. The van der Waals surface area contributed by atoms with E-state index in [4.69, 9.17) is 11.6 Å². The lowest BCUT2D eigenvalue weighted by molar-refractivity contribution is -0.117. The Kier molecular flexibility index (Phi) is 4.99. The molecule has 2 rings (SSSR count). The van der Waals surface area contributed by atoms with E-state index in [9.17, 15) is 21.6 Å². The van der Waals surface area contributed by atoms with Crippen LogP contribution < -0.4 is 9.44 Å². The molecule has 0 aliphatic heterocycles. The van der Waals surface area contributed by atoms with E-state index in [1.807, 2.05) is 4.72 Å². The fourth-order valence-corrected chi connectivity index (χ4v) is 5.05. The summed E-state index contributed by atoms with van der Waals surface area (Å²) in [6.07, 6.45) is 0. The number of benzene rings is 1. The van der Waals surface area contributed by atoms with Gasteiger partial charge in [0.05, 0.1) is 9.92 Å². The third-order valence-electron chi connectivity index (χ3n) is 2.50. The summed E-state index contributed by atoms with van der Waals surface area (Å²) < 4.78 is 51.9. The van der Waals surface area contributed by atoms with Gasteiger partial charge in [0.1, 0.15) is 4.21 Å². The zero-order valence-electron chi connectivity index (χ0n) is 11.6. The zero-order valence-corrected chi connectivity index (χ0v) is 14.8. The first-order valence-electron chi connectivity index (χ1n) is 6.00. The molecule has 0 radical (unpaired) electrons. The average Bonchev–Trinajstić information content (AvgIpc) is 2.85. The Morgan fingerprint density at radius 2 is 1.70 bits per heavy atom. The van der Waals surface area contributed by atoms with Crippen LogP contribution in [0.15, 0.2) is 44.8 Å². The number of rotatable bonds is 5. The van der Waals surface area contributed by atoms with Gasteiger partial charge in [0.2, 0.25) is 5.91 Å². The number of anilines is 1. The van der Waals surface area contributed by atoms with Crippen molar-refractivity contribution in [1.82, 2.24) is 4.72 Å². The van der Waals surface area contributed by atoms with E-state index in [1.165, 1.54) is 35.7 Å². The van der Waals surface area contributed by atoms with Crippen LogP contribution in [0.2, 0.25) is 5.02 Å². The fraction of sp³-hybridized carbons (Fsp3) is 0.0833. The second-order valence-electron chi connectivity index (χ2n) is 4.38. The van der Waals surface area contributed by atoms with Gasteiger partial charge in [0.15, 0.2) is 0 Å². The van der Waals surface area contributed by atoms with Gasteiger partial charge in [0.25, 0.3) is 20.0 Å². The van der Waals surface area contributed by atoms with E-state index in [0.717, 1.165) is 18.3 Å². The third kappa shape index (κ3) is 4.44. The molecule has 1 aromatic carbocycles. The lowest BCUT2D eigenvalue weighted by Gasteiger charge is -2.08. The monoisotopic (exact) mass is 394 g/mol. The third-order valence-corrected chi connectivity index (χ3v) is 7.12. The van der Waals surface area contributed by atoms with Gasteiger partial charge in [-0.25, -0.2) is 21.6 Å². The van der Waals surface area contributed by atoms with Gasteiger partial charge in [0, 0.05) is 18.0 Å². The summed E-state index contributed by atoms with van der Waals surface area (Å²) in [4.78, 5) is 10.7. The molecule has 0 aliphatic rings. The Balaban J connectivity index is 2.22. The van der Waals surface area contributed by atoms with Crippen molar-refractivity contribution in [3.8, 4) is 0 Å². The number of sulfonamides is 2. The Labute approximate surface area is 142 Å². The van der Waals surface area contributed by atoms with Crippen LogP contribution >= 0.6 is 22.9 Å². The van der Waals surface area contributed by atoms with Crippen LogP contribution in [0.5, 0.6) is 0 Å². The molecule has 1 heterocycles. The van der Waals surface area contributed by atoms with Crippen LogP contribution in [0, 0.1) is 0 Å². The maximum Gasteiger partial charge on any atom is 0.271 e. The first-order valence-corrected chi connectivity index (χ1v) is 10.2. The molecular formula is C12H11ClN2O5S3. The molecule has 0 aliphatic carbocycles. The number of thiophene rings is 1. The highest BCUT2D eigenvalue weighted by atomic mass is 35.5. The molecule has 0 atom stereocenters. The van der Waals surface area contributed by atoms with Crippen molar-refractivity contribution >= 4 is 54.6 Å². The summed E-state index contributed by atoms with van der Waals surface area (Å²) in [5.41, 5.74) is 0.177. The summed E-state index contributed by atoms with van der Waals surface area (Å²) in [7, 11) is -7.76. The molecule has 0 saturated carbocycles. The minimum atomic E-state index is -3.96. The van der Waals surface area contributed by atoms with Crippen molar-refractivity contribution in [2.75, 3.05) is 4.72 Å². The highest BCUT2D eigenvalue weighted by Gasteiger charge is 2.18. The Morgan fingerprint density at radius 1 is 1.09 bits per heavy atom. The second kappa shape index (κ2) is 6.48. The second-order valence-corrected chi connectivity index (χ2v) is 9.31. The molecule has 7 nitrogen and oxygen atoms in total. The molecule has 124 valence electrons. The van der Waals surface area contributed by atoms with Gasteiger partial charge in [-0.1, -0.05) is 11.6 Å². The van der Waals surface area contributed by atoms with Crippen LogP contribution in [0.25, 0.3) is 0 Å². The van der Waals surface area contributed by atoms with Gasteiger partial charge < -0.3 is 0 Å². The lowest BCUT2D eigenvalue weighted by atomic mass is 10.3. The topological polar surface area (TPSA) is 109 Å². The molecule has 0 saturated heterocycles. The van der Waals surface area contributed by atoms with Gasteiger partial charge in [-0.3, -0.25) is 9.52 Å². The van der Waals surface area contributed by atoms with Crippen molar-refractivity contribution in [3.05, 3.63) is 40.7 Å². The van der Waals surface area contributed by atoms with Crippen LogP contribution in [-0.4, -0.2) is 22.7 Å². The fourth-order valence-electron chi connectivity index (χ4n) is 1.59. The molecule has 2 aromatic rings. The largest absolute Gasteiger partial charge is 0.279 e. The Hall–Kier alpha value is -1.62. The van der Waals surface area contributed by atoms with Gasteiger partial charge in [-0.15, -0.1) is 11.3 Å². The van der Waals surface area contributed by atoms with Crippen LogP contribution in [-0.2, 0) is 24.8 Å². The maximum atomic E-state index is 12.1. The molecule has 0 fully saturated rings. The van der Waals surface area contributed by atoms with Crippen molar-refractivity contribution in [1.29, 1.82) is 0 Å². The highest BCUT2D eigenvalue weighted by Crippen LogP contribution is 2.26. The van der Waals surface area contributed by atoms with E-state index in [2.05, 4.69) is 4.72 Å². The van der Waals surface area contributed by atoms with Gasteiger partial charge in [-0.2, -0.15) is 0 Å². The predicted octanol–water partition coefficient (Wildman–Crippen LogP) is 2.03.